The predicted octanol–water partition coefficient (Wildman–Crippen LogP) is 1.33. The first-order chi connectivity index (χ1) is 9.58. The Morgan fingerprint density at radius 3 is 2.45 bits per heavy atom. The van der Waals surface area contributed by atoms with Gasteiger partial charge in [-0.25, -0.2) is 4.39 Å². The van der Waals surface area contributed by atoms with Gasteiger partial charge in [0.2, 0.25) is 0 Å². The molecule has 1 aliphatic heterocycles. The van der Waals surface area contributed by atoms with Crippen LogP contribution in [0.4, 0.5) is 4.39 Å². The molecule has 0 amide bonds. The van der Waals surface area contributed by atoms with Crippen LogP contribution in [0.1, 0.15) is 12.5 Å². The lowest BCUT2D eigenvalue weighted by Crippen LogP contribution is -2.47. The molecule has 1 atom stereocenters. The fourth-order valence-electron chi connectivity index (χ4n) is 2.57. The Kier molecular flexibility index (Phi) is 5.34. The van der Waals surface area contributed by atoms with Crippen molar-refractivity contribution in [3.8, 4) is 5.75 Å². The number of hydrogen-bond donors (Lipinski definition) is 1. The first-order valence-corrected chi connectivity index (χ1v) is 7.03. The average molecular weight is 282 g/mol. The van der Waals surface area contributed by atoms with Crippen molar-refractivity contribution < 1.29 is 14.2 Å². The molecule has 0 spiro atoms. The lowest BCUT2D eigenvalue weighted by Gasteiger charge is -2.35. The van der Waals surface area contributed by atoms with Crippen LogP contribution in [-0.4, -0.2) is 60.8 Å². The van der Waals surface area contributed by atoms with Crippen molar-refractivity contribution in [2.75, 3.05) is 39.8 Å². The molecule has 2 rings (SSSR count). The first-order valence-electron chi connectivity index (χ1n) is 7.03. The topological polar surface area (TPSA) is 35.9 Å². The molecule has 1 fully saturated rings. The van der Waals surface area contributed by atoms with Crippen molar-refractivity contribution in [3.05, 3.63) is 29.6 Å². The third kappa shape index (κ3) is 4.16. The van der Waals surface area contributed by atoms with Gasteiger partial charge in [-0.1, -0.05) is 6.07 Å². The summed E-state index contributed by atoms with van der Waals surface area (Å²) in [6.07, 6.45) is -0.280. The Labute approximate surface area is 119 Å². The molecule has 1 aromatic carbocycles. The Balaban J connectivity index is 1.85. The van der Waals surface area contributed by atoms with Crippen LogP contribution in [0.3, 0.4) is 0 Å². The number of aliphatic hydroxyl groups excluding tert-OH is 1. The minimum absolute atomic E-state index is 0.280. The van der Waals surface area contributed by atoms with Crippen molar-refractivity contribution in [1.82, 2.24) is 9.80 Å². The van der Waals surface area contributed by atoms with Gasteiger partial charge in [0.05, 0.1) is 13.2 Å². The number of β-amino-alcohol motifs (C(OH)–C–C–N with tert-alkyl or cyclic N) is 1. The summed E-state index contributed by atoms with van der Waals surface area (Å²) >= 11 is 0. The van der Waals surface area contributed by atoms with Crippen LogP contribution in [0.2, 0.25) is 0 Å². The standard InChI is InChI=1S/C15H23FN2O2/c1-12(19)10-17-5-7-18(8-6-17)11-13-3-4-15(20-2)14(16)9-13/h3-4,9,12,19H,5-8,10-11H2,1-2H3/t12-/m0/s1. The zero-order chi connectivity index (χ0) is 14.5. The predicted molar refractivity (Wildman–Crippen MR) is 76.3 cm³/mol. The van der Waals surface area contributed by atoms with E-state index in [0.717, 1.165) is 44.8 Å². The normalized spacial score (nSPS) is 19.0. The molecule has 0 aromatic heterocycles. The number of nitrogens with zero attached hydrogens (tertiary/aromatic N) is 2. The second-order valence-electron chi connectivity index (χ2n) is 5.39. The molecule has 20 heavy (non-hydrogen) atoms. The van der Waals surface area contributed by atoms with Gasteiger partial charge in [-0.15, -0.1) is 0 Å². The summed E-state index contributed by atoms with van der Waals surface area (Å²) in [7, 11) is 1.47. The van der Waals surface area contributed by atoms with Crippen LogP contribution in [-0.2, 0) is 6.54 Å². The molecule has 5 heteroatoms. The zero-order valence-corrected chi connectivity index (χ0v) is 12.2. The molecule has 1 N–H and O–H groups in total. The summed E-state index contributed by atoms with van der Waals surface area (Å²) in [5, 5.41) is 9.38. The largest absolute Gasteiger partial charge is 0.494 e. The molecule has 1 saturated heterocycles. The van der Waals surface area contributed by atoms with Crippen LogP contribution in [0.15, 0.2) is 18.2 Å². The van der Waals surface area contributed by atoms with Crippen LogP contribution >= 0.6 is 0 Å². The third-order valence-corrected chi connectivity index (χ3v) is 3.61. The molecular formula is C15H23FN2O2. The monoisotopic (exact) mass is 282 g/mol. The number of methoxy groups -OCH3 is 1. The molecule has 112 valence electrons. The zero-order valence-electron chi connectivity index (χ0n) is 12.2. The molecule has 0 saturated carbocycles. The van der Waals surface area contributed by atoms with E-state index in [4.69, 9.17) is 4.74 Å². The Morgan fingerprint density at radius 2 is 1.90 bits per heavy atom. The highest BCUT2D eigenvalue weighted by Gasteiger charge is 2.18. The van der Waals surface area contributed by atoms with Crippen LogP contribution < -0.4 is 4.74 Å². The summed E-state index contributed by atoms with van der Waals surface area (Å²) in [5.41, 5.74) is 0.965. The van der Waals surface area contributed by atoms with E-state index in [1.54, 1.807) is 12.1 Å². The van der Waals surface area contributed by atoms with Gasteiger partial charge in [-0.05, 0) is 24.6 Å². The summed E-state index contributed by atoms with van der Waals surface area (Å²) in [5.74, 6) is -0.0201. The summed E-state index contributed by atoms with van der Waals surface area (Å²) in [6, 6.07) is 5.12. The van der Waals surface area contributed by atoms with Gasteiger partial charge in [-0.3, -0.25) is 9.80 Å². The van der Waals surface area contributed by atoms with Gasteiger partial charge in [0, 0.05) is 39.3 Å². The number of ether oxygens (including phenoxy) is 1. The van der Waals surface area contributed by atoms with Crippen molar-refractivity contribution >= 4 is 0 Å². The smallest absolute Gasteiger partial charge is 0.165 e. The fourth-order valence-corrected chi connectivity index (χ4v) is 2.57. The van der Waals surface area contributed by atoms with Gasteiger partial charge in [0.25, 0.3) is 0 Å². The highest BCUT2D eigenvalue weighted by atomic mass is 19.1. The number of piperazine rings is 1. The lowest BCUT2D eigenvalue weighted by molar-refractivity contribution is 0.0780. The van der Waals surface area contributed by atoms with E-state index in [1.165, 1.54) is 7.11 Å². The Hall–Kier alpha value is -1.17. The van der Waals surface area contributed by atoms with Gasteiger partial charge >= 0.3 is 0 Å². The van der Waals surface area contributed by atoms with Gasteiger partial charge < -0.3 is 9.84 Å². The van der Waals surface area contributed by atoms with Crippen molar-refractivity contribution in [3.63, 3.8) is 0 Å². The fraction of sp³-hybridized carbons (Fsp3) is 0.600. The maximum absolute atomic E-state index is 13.6. The van der Waals surface area contributed by atoms with E-state index in [-0.39, 0.29) is 17.7 Å². The minimum atomic E-state index is -0.308. The first kappa shape index (κ1) is 15.2. The van der Waals surface area contributed by atoms with Crippen molar-refractivity contribution in [2.24, 2.45) is 0 Å². The molecule has 4 nitrogen and oxygen atoms in total. The quantitative estimate of drug-likeness (QED) is 0.884. The minimum Gasteiger partial charge on any atom is -0.494 e. The molecule has 0 unspecified atom stereocenters. The van der Waals surface area contributed by atoms with E-state index in [1.807, 2.05) is 13.0 Å². The second kappa shape index (κ2) is 7.02. The second-order valence-corrected chi connectivity index (χ2v) is 5.39. The molecule has 1 heterocycles. The van der Waals surface area contributed by atoms with E-state index in [9.17, 15) is 9.50 Å². The van der Waals surface area contributed by atoms with Crippen molar-refractivity contribution in [1.29, 1.82) is 0 Å². The van der Waals surface area contributed by atoms with E-state index in [2.05, 4.69) is 9.80 Å². The van der Waals surface area contributed by atoms with Gasteiger partial charge in [-0.2, -0.15) is 0 Å². The SMILES string of the molecule is COc1ccc(CN2CCN(C[C@H](C)O)CC2)cc1F. The maximum Gasteiger partial charge on any atom is 0.165 e. The average Bonchev–Trinajstić information content (AvgIpc) is 2.41. The number of rotatable bonds is 5. The number of halogens is 1. The number of benzene rings is 1. The molecule has 0 bridgehead atoms. The number of hydrogen-bond acceptors (Lipinski definition) is 4. The lowest BCUT2D eigenvalue weighted by atomic mass is 10.1. The van der Waals surface area contributed by atoms with Crippen LogP contribution in [0, 0.1) is 5.82 Å². The van der Waals surface area contributed by atoms with Crippen LogP contribution in [0.5, 0.6) is 5.75 Å². The van der Waals surface area contributed by atoms with Gasteiger partial charge in [0.1, 0.15) is 0 Å². The summed E-state index contributed by atoms with van der Waals surface area (Å²) in [4.78, 5) is 4.57. The molecule has 0 aliphatic carbocycles. The molecule has 1 aliphatic rings. The maximum atomic E-state index is 13.6. The van der Waals surface area contributed by atoms with Crippen molar-refractivity contribution in [2.45, 2.75) is 19.6 Å². The van der Waals surface area contributed by atoms with Crippen LogP contribution in [0.25, 0.3) is 0 Å². The molecule has 1 aromatic rings. The number of aliphatic hydroxyl groups is 1. The molecular weight excluding hydrogens is 259 g/mol. The van der Waals surface area contributed by atoms with E-state index >= 15 is 0 Å². The summed E-state index contributed by atoms with van der Waals surface area (Å²) in [6.45, 7) is 7.08. The highest BCUT2D eigenvalue weighted by Crippen LogP contribution is 2.19. The third-order valence-electron chi connectivity index (χ3n) is 3.61. The Bertz CT molecular complexity index is 432. The van der Waals surface area contributed by atoms with E-state index in [0.29, 0.717) is 0 Å². The summed E-state index contributed by atoms with van der Waals surface area (Å²) < 4.78 is 18.6. The Morgan fingerprint density at radius 1 is 1.25 bits per heavy atom. The van der Waals surface area contributed by atoms with E-state index < -0.39 is 0 Å². The van der Waals surface area contributed by atoms with Gasteiger partial charge in [0.15, 0.2) is 11.6 Å². The molecule has 0 radical (unpaired) electrons. The highest BCUT2D eigenvalue weighted by molar-refractivity contribution is 5.29.